The fourth-order valence-corrected chi connectivity index (χ4v) is 3.66. The second-order valence-corrected chi connectivity index (χ2v) is 6.40. The van der Waals surface area contributed by atoms with Crippen molar-refractivity contribution in [3.63, 3.8) is 0 Å². The molecule has 2 rings (SSSR count). The Morgan fingerprint density at radius 1 is 1.33 bits per heavy atom. The quantitative estimate of drug-likeness (QED) is 0.783. The highest BCUT2D eigenvalue weighted by Crippen LogP contribution is 2.28. The first-order valence-corrected chi connectivity index (χ1v) is 7.42. The zero-order chi connectivity index (χ0) is 13.2. The summed E-state index contributed by atoms with van der Waals surface area (Å²) in [4.78, 5) is 0. The standard InChI is InChI=1S/C14H17NO2S/c1-3-14(13-8-6-12(2)7-9-13)18(16,17)15-10-4-5-11-15/h3-4,6-10,14H,1,5,11H2,2H3. The number of benzene rings is 1. The van der Waals surface area contributed by atoms with Crippen LogP contribution in [0, 0.1) is 6.92 Å². The number of aryl methyl sites for hydroxylation is 1. The number of nitrogens with zero attached hydrogens (tertiary/aromatic N) is 1. The van der Waals surface area contributed by atoms with E-state index in [0.717, 1.165) is 17.5 Å². The molecule has 0 fully saturated rings. The van der Waals surface area contributed by atoms with Gasteiger partial charge in [-0.3, -0.25) is 4.31 Å². The molecule has 1 aliphatic heterocycles. The summed E-state index contributed by atoms with van der Waals surface area (Å²) in [5, 5.41) is -0.680. The third-order valence-corrected chi connectivity index (χ3v) is 5.12. The topological polar surface area (TPSA) is 37.4 Å². The predicted molar refractivity (Wildman–Crippen MR) is 73.5 cm³/mol. The Balaban J connectivity index is 2.36. The zero-order valence-corrected chi connectivity index (χ0v) is 11.2. The molecule has 1 atom stereocenters. The molecule has 3 nitrogen and oxygen atoms in total. The molecule has 0 radical (unpaired) electrons. The van der Waals surface area contributed by atoms with Crippen LogP contribution in [0.25, 0.3) is 0 Å². The Bertz CT molecular complexity index is 558. The number of rotatable bonds is 4. The summed E-state index contributed by atoms with van der Waals surface area (Å²) in [6.07, 6.45) is 5.77. The lowest BCUT2D eigenvalue weighted by molar-refractivity contribution is 0.511. The summed E-state index contributed by atoms with van der Waals surface area (Å²) in [7, 11) is -3.39. The van der Waals surface area contributed by atoms with Crippen molar-refractivity contribution in [1.82, 2.24) is 4.31 Å². The third-order valence-electron chi connectivity index (χ3n) is 3.06. The molecule has 0 saturated carbocycles. The third kappa shape index (κ3) is 2.34. The van der Waals surface area contributed by atoms with Gasteiger partial charge in [0.05, 0.1) is 0 Å². The maximum absolute atomic E-state index is 12.5. The molecule has 1 unspecified atom stereocenters. The monoisotopic (exact) mass is 263 g/mol. The molecular formula is C14H17NO2S. The summed E-state index contributed by atoms with van der Waals surface area (Å²) >= 11 is 0. The Kier molecular flexibility index (Phi) is 3.57. The molecule has 18 heavy (non-hydrogen) atoms. The van der Waals surface area contributed by atoms with Crippen LogP contribution in [0.5, 0.6) is 0 Å². The van der Waals surface area contributed by atoms with Crippen LogP contribution >= 0.6 is 0 Å². The van der Waals surface area contributed by atoms with Gasteiger partial charge in [0, 0.05) is 12.7 Å². The largest absolute Gasteiger partial charge is 0.276 e. The van der Waals surface area contributed by atoms with E-state index >= 15 is 0 Å². The Hall–Kier alpha value is -1.55. The fraction of sp³-hybridized carbons (Fsp3) is 0.286. The number of hydrogen-bond donors (Lipinski definition) is 0. The number of sulfonamides is 1. The lowest BCUT2D eigenvalue weighted by Gasteiger charge is -2.22. The van der Waals surface area contributed by atoms with Gasteiger partial charge in [-0.15, -0.1) is 6.58 Å². The Morgan fingerprint density at radius 2 is 2.00 bits per heavy atom. The van der Waals surface area contributed by atoms with Crippen molar-refractivity contribution in [2.24, 2.45) is 0 Å². The van der Waals surface area contributed by atoms with Gasteiger partial charge in [-0.05, 0) is 18.9 Å². The van der Waals surface area contributed by atoms with Gasteiger partial charge in [-0.2, -0.15) is 0 Å². The summed E-state index contributed by atoms with van der Waals surface area (Å²) in [5.74, 6) is 0. The zero-order valence-electron chi connectivity index (χ0n) is 10.4. The minimum Gasteiger partial charge on any atom is -0.276 e. The van der Waals surface area contributed by atoms with E-state index in [2.05, 4.69) is 6.58 Å². The van der Waals surface area contributed by atoms with Gasteiger partial charge in [-0.1, -0.05) is 42.0 Å². The fourth-order valence-electron chi connectivity index (χ4n) is 2.01. The van der Waals surface area contributed by atoms with Gasteiger partial charge < -0.3 is 0 Å². The molecule has 4 heteroatoms. The molecule has 1 heterocycles. The maximum Gasteiger partial charge on any atom is 0.245 e. The number of hydrogen-bond acceptors (Lipinski definition) is 2. The van der Waals surface area contributed by atoms with Crippen LogP contribution in [0.4, 0.5) is 0 Å². The normalized spacial score (nSPS) is 16.8. The van der Waals surface area contributed by atoms with Gasteiger partial charge in [0.2, 0.25) is 10.0 Å². The smallest absolute Gasteiger partial charge is 0.245 e. The molecule has 1 aromatic rings. The van der Waals surface area contributed by atoms with Crippen LogP contribution in [-0.4, -0.2) is 19.3 Å². The second kappa shape index (κ2) is 4.98. The van der Waals surface area contributed by atoms with Gasteiger partial charge in [0.1, 0.15) is 5.25 Å². The molecule has 0 spiro atoms. The van der Waals surface area contributed by atoms with Crippen molar-refractivity contribution in [1.29, 1.82) is 0 Å². The van der Waals surface area contributed by atoms with E-state index in [1.165, 1.54) is 10.4 Å². The van der Waals surface area contributed by atoms with Crippen molar-refractivity contribution in [2.75, 3.05) is 6.54 Å². The molecule has 0 aliphatic carbocycles. The SMILES string of the molecule is C=CC(c1ccc(C)cc1)S(=O)(=O)N1C=CCC1. The lowest BCUT2D eigenvalue weighted by Crippen LogP contribution is -2.28. The van der Waals surface area contributed by atoms with E-state index in [1.807, 2.05) is 37.3 Å². The first kappa shape index (κ1) is 12.9. The summed E-state index contributed by atoms with van der Waals surface area (Å²) in [5.41, 5.74) is 1.87. The van der Waals surface area contributed by atoms with Crippen molar-refractivity contribution < 1.29 is 8.42 Å². The van der Waals surface area contributed by atoms with Crippen molar-refractivity contribution in [3.05, 3.63) is 60.3 Å². The van der Waals surface area contributed by atoms with E-state index in [0.29, 0.717) is 6.54 Å². The van der Waals surface area contributed by atoms with E-state index in [-0.39, 0.29) is 0 Å². The first-order valence-electron chi connectivity index (χ1n) is 5.92. The van der Waals surface area contributed by atoms with E-state index in [4.69, 9.17) is 0 Å². The maximum atomic E-state index is 12.5. The Morgan fingerprint density at radius 3 is 2.50 bits per heavy atom. The van der Waals surface area contributed by atoms with Crippen molar-refractivity contribution in [3.8, 4) is 0 Å². The van der Waals surface area contributed by atoms with Gasteiger partial charge in [0.15, 0.2) is 0 Å². The average Bonchev–Trinajstić information content (AvgIpc) is 2.86. The summed E-state index contributed by atoms with van der Waals surface area (Å²) < 4.78 is 26.3. The molecule has 1 aromatic carbocycles. The molecule has 1 aliphatic rings. The van der Waals surface area contributed by atoms with Crippen LogP contribution in [0.2, 0.25) is 0 Å². The highest BCUT2D eigenvalue weighted by atomic mass is 32.2. The molecule has 96 valence electrons. The first-order chi connectivity index (χ1) is 8.55. The van der Waals surface area contributed by atoms with Crippen LogP contribution in [0.3, 0.4) is 0 Å². The van der Waals surface area contributed by atoms with Gasteiger partial charge >= 0.3 is 0 Å². The average molecular weight is 263 g/mol. The molecule has 0 bridgehead atoms. The highest BCUT2D eigenvalue weighted by molar-refractivity contribution is 7.89. The van der Waals surface area contributed by atoms with Crippen LogP contribution in [-0.2, 0) is 10.0 Å². The van der Waals surface area contributed by atoms with Crippen molar-refractivity contribution >= 4 is 10.0 Å². The minimum absolute atomic E-state index is 0.526. The highest BCUT2D eigenvalue weighted by Gasteiger charge is 2.30. The minimum atomic E-state index is -3.39. The molecule has 0 amide bonds. The summed E-state index contributed by atoms with van der Waals surface area (Å²) in [6.45, 7) is 6.17. The van der Waals surface area contributed by atoms with Crippen LogP contribution < -0.4 is 0 Å². The molecule has 0 saturated heterocycles. The predicted octanol–water partition coefficient (Wildman–Crippen LogP) is 2.77. The van der Waals surface area contributed by atoms with Gasteiger partial charge in [0.25, 0.3) is 0 Å². The summed E-state index contributed by atoms with van der Waals surface area (Å²) in [6, 6.07) is 7.53. The molecular weight excluding hydrogens is 246 g/mol. The van der Waals surface area contributed by atoms with Crippen LogP contribution in [0.1, 0.15) is 22.8 Å². The van der Waals surface area contributed by atoms with Gasteiger partial charge in [-0.25, -0.2) is 8.42 Å². The van der Waals surface area contributed by atoms with E-state index < -0.39 is 15.3 Å². The molecule has 0 aromatic heterocycles. The second-order valence-electron chi connectivity index (χ2n) is 4.40. The van der Waals surface area contributed by atoms with Crippen molar-refractivity contribution in [2.45, 2.75) is 18.6 Å². The Labute approximate surface area is 108 Å². The molecule has 0 N–H and O–H groups in total. The van der Waals surface area contributed by atoms with E-state index in [1.54, 1.807) is 6.20 Å². The van der Waals surface area contributed by atoms with E-state index in [9.17, 15) is 8.42 Å². The van der Waals surface area contributed by atoms with Crippen LogP contribution in [0.15, 0.2) is 49.2 Å². The lowest BCUT2D eigenvalue weighted by atomic mass is 10.1.